The molecule has 0 aromatic carbocycles. The van der Waals surface area contributed by atoms with Gasteiger partial charge < -0.3 is 28.5 Å². The fourth-order valence-corrected chi connectivity index (χ4v) is 9.67. The van der Waals surface area contributed by atoms with Crippen LogP contribution in [0.15, 0.2) is 146 Å². The number of carboxylic acid groups (broad SMARTS) is 1. The van der Waals surface area contributed by atoms with Crippen molar-refractivity contribution in [3.8, 4) is 0 Å². The molecule has 9 heteroatoms. The normalized spacial score (nSPS) is 13.6. The van der Waals surface area contributed by atoms with E-state index < -0.39 is 24.3 Å². The molecule has 89 heavy (non-hydrogen) atoms. The molecule has 0 rings (SSSR count). The summed E-state index contributed by atoms with van der Waals surface area (Å²) in [5.74, 6) is -2.01. The maximum absolute atomic E-state index is 13.0. The van der Waals surface area contributed by atoms with Gasteiger partial charge in [-0.15, -0.1) is 0 Å². The number of unbranched alkanes of at least 4 members (excludes halogenated alkanes) is 26. The predicted molar refractivity (Wildman–Crippen MR) is 382 cm³/mol. The monoisotopic (exact) mass is 1240 g/mol. The van der Waals surface area contributed by atoms with Gasteiger partial charge in [0.2, 0.25) is 0 Å². The Labute approximate surface area is 547 Å². The first-order chi connectivity index (χ1) is 43.6. The summed E-state index contributed by atoms with van der Waals surface area (Å²) in [7, 11) is 5.97. The van der Waals surface area contributed by atoms with Gasteiger partial charge in [0.25, 0.3) is 6.29 Å². The molecule has 0 amide bonds. The number of nitrogens with zero attached hydrogens (tertiary/aromatic N) is 1. The second-order valence-electron chi connectivity index (χ2n) is 24.8. The second-order valence-corrected chi connectivity index (χ2v) is 24.8. The highest BCUT2D eigenvalue weighted by atomic mass is 16.7. The molecule has 0 aliphatic rings. The minimum absolute atomic E-state index is 0.181. The summed E-state index contributed by atoms with van der Waals surface area (Å²) in [5.41, 5.74) is 0. The molecule has 0 heterocycles. The number of aliphatic carboxylic acids is 1. The van der Waals surface area contributed by atoms with Crippen molar-refractivity contribution in [3.05, 3.63) is 146 Å². The Morgan fingerprint density at radius 3 is 0.899 bits per heavy atom. The molecule has 0 spiro atoms. The van der Waals surface area contributed by atoms with Gasteiger partial charge in [0.1, 0.15) is 13.2 Å². The number of quaternary nitrogens is 1. The van der Waals surface area contributed by atoms with Gasteiger partial charge in [0.05, 0.1) is 34.4 Å². The average Bonchev–Trinajstić information content (AvgIpc) is 3.64. The van der Waals surface area contributed by atoms with Crippen LogP contribution in [-0.4, -0.2) is 87.4 Å². The third-order valence-corrected chi connectivity index (χ3v) is 15.1. The third-order valence-electron chi connectivity index (χ3n) is 15.1. The van der Waals surface area contributed by atoms with Gasteiger partial charge in [-0.3, -0.25) is 9.59 Å². The zero-order valence-corrected chi connectivity index (χ0v) is 57.8. The Hall–Kier alpha value is -4.83. The first-order valence-corrected chi connectivity index (χ1v) is 36.0. The molecule has 9 nitrogen and oxygen atoms in total. The van der Waals surface area contributed by atoms with E-state index in [4.69, 9.17) is 18.9 Å². The quantitative estimate of drug-likeness (QED) is 0.0211. The van der Waals surface area contributed by atoms with Crippen molar-refractivity contribution in [2.45, 2.75) is 296 Å². The minimum atomic E-state index is -1.52. The van der Waals surface area contributed by atoms with E-state index in [1.807, 2.05) is 21.1 Å². The fourth-order valence-electron chi connectivity index (χ4n) is 9.67. The molecule has 0 fully saturated rings. The van der Waals surface area contributed by atoms with Crippen LogP contribution >= 0.6 is 0 Å². The molecule has 0 aromatic heterocycles. The smallest absolute Gasteiger partial charge is 0.361 e. The van der Waals surface area contributed by atoms with Gasteiger partial charge in [-0.25, -0.2) is 4.79 Å². The zero-order chi connectivity index (χ0) is 64.7. The van der Waals surface area contributed by atoms with Crippen LogP contribution in [0.4, 0.5) is 0 Å². The number of esters is 2. The molecule has 2 unspecified atom stereocenters. The van der Waals surface area contributed by atoms with Crippen LogP contribution in [0.5, 0.6) is 0 Å². The maximum Gasteiger partial charge on any atom is 0.361 e. The Morgan fingerprint density at radius 2 is 0.607 bits per heavy atom. The van der Waals surface area contributed by atoms with Gasteiger partial charge in [-0.1, -0.05) is 301 Å². The van der Waals surface area contributed by atoms with Gasteiger partial charge in [0.15, 0.2) is 6.10 Å². The van der Waals surface area contributed by atoms with Gasteiger partial charge in [-0.05, 0) is 116 Å². The van der Waals surface area contributed by atoms with Crippen LogP contribution in [0, 0.1) is 0 Å². The molecule has 0 saturated heterocycles. The van der Waals surface area contributed by atoms with Gasteiger partial charge in [0, 0.05) is 12.8 Å². The van der Waals surface area contributed by atoms with E-state index in [2.05, 4.69) is 160 Å². The Balaban J connectivity index is 4.15. The summed E-state index contributed by atoms with van der Waals surface area (Å²) < 4.78 is 23.0. The Kier molecular flexibility index (Phi) is 65.3. The lowest BCUT2D eigenvalue weighted by Crippen LogP contribution is -2.40. The molecular weight excluding hydrogens is 1100 g/mol. The number of rotatable bonds is 65. The van der Waals surface area contributed by atoms with Crippen LogP contribution < -0.4 is 0 Å². The molecule has 0 bridgehead atoms. The topological polar surface area (TPSA) is 108 Å². The van der Waals surface area contributed by atoms with E-state index in [9.17, 15) is 19.5 Å². The highest BCUT2D eigenvalue weighted by Gasteiger charge is 2.25. The molecule has 0 saturated carbocycles. The molecule has 506 valence electrons. The van der Waals surface area contributed by atoms with E-state index in [1.165, 1.54) is 128 Å². The van der Waals surface area contributed by atoms with Crippen LogP contribution in [0.1, 0.15) is 284 Å². The van der Waals surface area contributed by atoms with Crippen molar-refractivity contribution in [2.24, 2.45) is 0 Å². The second kappa shape index (κ2) is 69.1. The van der Waals surface area contributed by atoms with Crippen LogP contribution in [-0.2, 0) is 33.3 Å². The van der Waals surface area contributed by atoms with Gasteiger partial charge >= 0.3 is 17.9 Å². The lowest BCUT2D eigenvalue weighted by atomic mass is 10.0. The number of allylic oxidation sites excluding steroid dienone is 24. The van der Waals surface area contributed by atoms with E-state index in [0.29, 0.717) is 23.9 Å². The summed E-state index contributed by atoms with van der Waals surface area (Å²) >= 11 is 0. The first-order valence-electron chi connectivity index (χ1n) is 36.0. The largest absolute Gasteiger partial charge is 0.477 e. The van der Waals surface area contributed by atoms with Crippen molar-refractivity contribution in [1.82, 2.24) is 0 Å². The van der Waals surface area contributed by atoms with E-state index >= 15 is 0 Å². The molecular formula is C80H134NO8+. The summed E-state index contributed by atoms with van der Waals surface area (Å²) in [5, 5.41) is 9.76. The Morgan fingerprint density at radius 1 is 0.337 bits per heavy atom. The molecule has 0 radical (unpaired) electrons. The average molecular weight is 1240 g/mol. The highest BCUT2D eigenvalue weighted by Crippen LogP contribution is 2.17. The van der Waals surface area contributed by atoms with E-state index in [-0.39, 0.29) is 32.2 Å². The summed E-state index contributed by atoms with van der Waals surface area (Å²) in [6.45, 7) is 4.66. The van der Waals surface area contributed by atoms with E-state index in [0.717, 1.165) is 122 Å². The van der Waals surface area contributed by atoms with Crippen LogP contribution in [0.2, 0.25) is 0 Å². The molecule has 0 aromatic rings. The molecule has 2 atom stereocenters. The fraction of sp³-hybridized carbons (Fsp3) is 0.662. The van der Waals surface area contributed by atoms with Gasteiger partial charge in [-0.2, -0.15) is 0 Å². The number of hydrogen-bond donors (Lipinski definition) is 1. The predicted octanol–water partition coefficient (Wildman–Crippen LogP) is 22.7. The Bertz CT molecular complexity index is 1970. The summed E-state index contributed by atoms with van der Waals surface area (Å²) in [4.78, 5) is 37.7. The van der Waals surface area contributed by atoms with Crippen molar-refractivity contribution in [1.29, 1.82) is 0 Å². The number of ether oxygens (including phenoxy) is 4. The zero-order valence-electron chi connectivity index (χ0n) is 57.8. The van der Waals surface area contributed by atoms with Crippen LogP contribution in [0.3, 0.4) is 0 Å². The lowest BCUT2D eigenvalue weighted by Gasteiger charge is -2.25. The minimum Gasteiger partial charge on any atom is -0.477 e. The van der Waals surface area contributed by atoms with Crippen molar-refractivity contribution in [2.75, 3.05) is 47.5 Å². The highest BCUT2D eigenvalue weighted by molar-refractivity contribution is 5.71. The summed E-state index contributed by atoms with van der Waals surface area (Å²) in [6.07, 6.45) is 98.1. The standard InChI is InChI=1S/C80H133NO8/c1-6-8-10-12-14-16-18-20-22-24-26-28-30-32-34-36-37-38-39-40-41-43-45-47-49-51-53-55-57-59-61-63-65-67-69-71-78(83)89-76(75-88-80(79(84)85)86-73-72-81(3,4)5)74-87-77(82)70-68-66-64-62-60-58-56-54-52-50-48-46-44-42-35-33-31-29-27-25-23-21-19-17-15-13-11-9-7-2/h8-11,14-17,20-23,26-29,32,34,37-38,40-41,45,47,76,80H,6-7,12-13,18-19,24-25,30-31,33,35-36,39,42-44,46,48-75H2,1-5H3/p+1/b10-8-,11-9-,16-14-,17-15-,22-20-,23-21-,28-26-,29-27-,34-32-,38-37-,41-40-,47-45-. The van der Waals surface area contributed by atoms with E-state index in [1.54, 1.807) is 0 Å². The number of hydrogen-bond acceptors (Lipinski definition) is 7. The van der Waals surface area contributed by atoms with Crippen molar-refractivity contribution in [3.63, 3.8) is 0 Å². The van der Waals surface area contributed by atoms with Crippen LogP contribution in [0.25, 0.3) is 0 Å². The first kappa shape index (κ1) is 84.2. The number of likely N-dealkylation sites (N-methyl/N-ethyl adjacent to an activating group) is 1. The molecule has 0 aliphatic heterocycles. The SMILES string of the molecule is CC/C=C\C/C=C\C/C=C\C/C=C\C/C=C\C/C=C\C/C=C\C/C=C\CCCCCCCCCCCCC(=O)OC(COC(=O)CCCCCCCCCCCCCCCCCC/C=C\C/C=C\C/C=C\C/C=C\CC)COC(OCC[N+](C)(C)C)C(=O)O. The molecule has 0 aliphatic carbocycles. The lowest BCUT2D eigenvalue weighted by molar-refractivity contribution is -0.870. The van der Waals surface area contributed by atoms with Crippen molar-refractivity contribution < 1.29 is 42.9 Å². The third kappa shape index (κ3) is 70.5. The number of carbonyl (C=O) groups is 3. The summed E-state index contributed by atoms with van der Waals surface area (Å²) in [6, 6.07) is 0. The van der Waals surface area contributed by atoms with Crippen molar-refractivity contribution >= 4 is 17.9 Å². The number of carboxylic acids is 1. The molecule has 1 N–H and O–H groups in total. The number of carbonyl (C=O) groups excluding carboxylic acids is 2. The maximum atomic E-state index is 13.0.